The normalized spacial score (nSPS) is 17.9. The summed E-state index contributed by atoms with van der Waals surface area (Å²) >= 11 is 0. The Morgan fingerprint density at radius 2 is 1.81 bits per heavy atom. The maximum absolute atomic E-state index is 13.5. The number of para-hydroxylation sites is 2. The second-order valence-electron chi connectivity index (χ2n) is 8.48. The molecule has 1 fully saturated rings. The minimum absolute atomic E-state index is 0.109. The number of aryl methyl sites for hydroxylation is 2. The molecule has 0 atom stereocenters. The number of cyclic esters (lactones) is 1. The van der Waals surface area contributed by atoms with Gasteiger partial charge in [0.15, 0.2) is 0 Å². The Morgan fingerprint density at radius 3 is 2.59 bits per heavy atom. The number of carbonyl (C=O) groups is 1. The molecule has 0 aliphatic carbocycles. The molecular weight excluding hydrogens is 426 g/mol. The summed E-state index contributed by atoms with van der Waals surface area (Å²) in [5.41, 5.74) is 4.38. The zero-order valence-electron chi connectivity index (χ0n) is 18.1. The molecule has 1 amide bonds. The molecule has 2 aliphatic heterocycles. The lowest BCUT2D eigenvalue weighted by atomic mass is 10.00. The molecule has 3 aromatic rings. The van der Waals surface area contributed by atoms with Gasteiger partial charge in [0.1, 0.15) is 11.5 Å². The lowest BCUT2D eigenvalue weighted by Gasteiger charge is -2.40. The highest BCUT2D eigenvalue weighted by atomic mass is 32.2. The number of fused-ring (bicyclic) bond motifs is 2. The Kier molecular flexibility index (Phi) is 5.14. The highest BCUT2D eigenvalue weighted by Gasteiger charge is 2.38. The molecule has 7 nitrogen and oxygen atoms in total. The van der Waals surface area contributed by atoms with Crippen molar-refractivity contribution in [3.63, 3.8) is 0 Å². The van der Waals surface area contributed by atoms with Crippen LogP contribution in [0.4, 0.5) is 10.5 Å². The van der Waals surface area contributed by atoms with E-state index in [0.29, 0.717) is 31.4 Å². The number of ether oxygens (including phenoxy) is 1. The van der Waals surface area contributed by atoms with E-state index in [0.717, 1.165) is 27.8 Å². The van der Waals surface area contributed by atoms with Crippen LogP contribution in [0.5, 0.6) is 0 Å². The van der Waals surface area contributed by atoms with E-state index in [9.17, 15) is 13.2 Å². The van der Waals surface area contributed by atoms with Gasteiger partial charge in [-0.1, -0.05) is 30.3 Å². The summed E-state index contributed by atoms with van der Waals surface area (Å²) in [7, 11) is -3.70. The van der Waals surface area contributed by atoms with Gasteiger partial charge >= 0.3 is 6.09 Å². The first-order chi connectivity index (χ1) is 15.4. The summed E-state index contributed by atoms with van der Waals surface area (Å²) in [5.74, 6) is 0. The van der Waals surface area contributed by atoms with Crippen molar-refractivity contribution >= 4 is 32.7 Å². The highest BCUT2D eigenvalue weighted by molar-refractivity contribution is 7.89. The molecule has 2 aliphatic rings. The minimum atomic E-state index is -3.70. The Balaban J connectivity index is 1.41. The highest BCUT2D eigenvalue weighted by Crippen LogP contribution is 2.35. The fourth-order valence-electron chi connectivity index (χ4n) is 4.74. The van der Waals surface area contributed by atoms with Gasteiger partial charge in [-0.3, -0.25) is 9.88 Å². The Hall–Kier alpha value is -2.97. The van der Waals surface area contributed by atoms with Gasteiger partial charge in [0.2, 0.25) is 10.0 Å². The molecule has 8 heteroatoms. The minimum Gasteiger partial charge on any atom is -0.444 e. The average Bonchev–Trinajstić information content (AvgIpc) is 2.79. The monoisotopic (exact) mass is 451 g/mol. The Labute approximate surface area is 187 Å². The largest absolute Gasteiger partial charge is 0.444 e. The van der Waals surface area contributed by atoms with Gasteiger partial charge in [-0.2, -0.15) is 4.31 Å². The molecule has 0 N–H and O–H groups in total. The quantitative estimate of drug-likeness (QED) is 0.597. The van der Waals surface area contributed by atoms with Gasteiger partial charge in [-0.05, 0) is 49.9 Å². The van der Waals surface area contributed by atoms with Crippen molar-refractivity contribution in [3.8, 4) is 0 Å². The summed E-state index contributed by atoms with van der Waals surface area (Å²) in [6, 6.07) is 13.0. The fourth-order valence-corrected chi connectivity index (χ4v) is 6.38. The molecular formula is C24H25N3O4S. The number of rotatable bonds is 3. The Morgan fingerprint density at radius 1 is 1.06 bits per heavy atom. The zero-order chi connectivity index (χ0) is 22.5. The Bertz CT molecular complexity index is 1310. The summed E-state index contributed by atoms with van der Waals surface area (Å²) in [5, 5.41) is 0.809. The number of benzene rings is 2. The van der Waals surface area contributed by atoms with Crippen molar-refractivity contribution in [2.75, 3.05) is 18.0 Å². The predicted molar refractivity (Wildman–Crippen MR) is 122 cm³/mol. The van der Waals surface area contributed by atoms with E-state index < -0.39 is 10.0 Å². The fraction of sp³-hybridized carbons (Fsp3) is 0.333. The lowest BCUT2D eigenvalue weighted by Crippen LogP contribution is -2.50. The van der Waals surface area contributed by atoms with Gasteiger partial charge in [0.05, 0.1) is 11.2 Å². The van der Waals surface area contributed by atoms with Crippen LogP contribution >= 0.6 is 0 Å². The van der Waals surface area contributed by atoms with Gasteiger partial charge in [-0.15, -0.1) is 0 Å². The van der Waals surface area contributed by atoms with Crippen LogP contribution in [0.3, 0.4) is 0 Å². The van der Waals surface area contributed by atoms with Gasteiger partial charge in [0.25, 0.3) is 0 Å². The molecule has 0 spiro atoms. The summed E-state index contributed by atoms with van der Waals surface area (Å²) in [6.07, 6.45) is 2.41. The predicted octanol–water partition coefficient (Wildman–Crippen LogP) is 4.16. The third-order valence-electron chi connectivity index (χ3n) is 6.33. The van der Waals surface area contributed by atoms with Crippen LogP contribution < -0.4 is 4.90 Å². The number of nitrogens with zero attached hydrogens (tertiary/aromatic N) is 3. The van der Waals surface area contributed by atoms with Gasteiger partial charge in [-0.25, -0.2) is 13.2 Å². The molecule has 32 heavy (non-hydrogen) atoms. The third kappa shape index (κ3) is 3.43. The number of pyridine rings is 1. The summed E-state index contributed by atoms with van der Waals surface area (Å²) in [4.78, 5) is 19.0. The van der Waals surface area contributed by atoms with Crippen LogP contribution in [0.1, 0.15) is 29.5 Å². The van der Waals surface area contributed by atoms with E-state index in [-0.39, 0.29) is 23.6 Å². The number of hydrogen-bond acceptors (Lipinski definition) is 5. The maximum atomic E-state index is 13.5. The van der Waals surface area contributed by atoms with Crippen molar-refractivity contribution in [2.45, 2.75) is 44.2 Å². The summed E-state index contributed by atoms with van der Waals surface area (Å²) in [6.45, 7) is 4.86. The van der Waals surface area contributed by atoms with E-state index in [2.05, 4.69) is 4.98 Å². The number of piperidine rings is 1. The molecule has 1 saturated heterocycles. The molecule has 166 valence electrons. The summed E-state index contributed by atoms with van der Waals surface area (Å²) < 4.78 is 33.8. The van der Waals surface area contributed by atoms with Crippen molar-refractivity contribution in [1.29, 1.82) is 0 Å². The van der Waals surface area contributed by atoms with Crippen LogP contribution in [0.2, 0.25) is 0 Å². The molecule has 0 unspecified atom stereocenters. The molecule has 1 aromatic heterocycles. The molecule has 0 bridgehead atoms. The topological polar surface area (TPSA) is 79.8 Å². The molecule has 2 aromatic carbocycles. The smallest absolute Gasteiger partial charge is 0.414 e. The van der Waals surface area contributed by atoms with Crippen molar-refractivity contribution < 1.29 is 17.9 Å². The first-order valence-corrected chi connectivity index (χ1v) is 12.2. The molecule has 0 radical (unpaired) electrons. The number of aromatic nitrogens is 1. The number of hydrogen-bond donors (Lipinski definition) is 0. The zero-order valence-corrected chi connectivity index (χ0v) is 18.9. The SMILES string of the molecule is Cc1cnc2c(S(=O)(=O)N3CCC(N4C(=O)OCc5cccc(C)c54)CC3)cccc2c1. The van der Waals surface area contributed by atoms with E-state index in [4.69, 9.17) is 4.74 Å². The van der Waals surface area contributed by atoms with E-state index in [1.807, 2.05) is 44.2 Å². The third-order valence-corrected chi connectivity index (χ3v) is 8.26. The van der Waals surface area contributed by atoms with Crippen molar-refractivity contribution in [1.82, 2.24) is 9.29 Å². The van der Waals surface area contributed by atoms with Crippen molar-refractivity contribution in [3.05, 3.63) is 65.4 Å². The lowest BCUT2D eigenvalue weighted by molar-refractivity contribution is 0.135. The van der Waals surface area contributed by atoms with E-state index >= 15 is 0 Å². The van der Waals surface area contributed by atoms with Crippen molar-refractivity contribution in [2.24, 2.45) is 0 Å². The second kappa shape index (κ2) is 7.86. The molecule has 3 heterocycles. The average molecular weight is 452 g/mol. The first kappa shape index (κ1) is 20.9. The second-order valence-corrected chi connectivity index (χ2v) is 10.4. The van der Waals surface area contributed by atoms with E-state index in [1.165, 1.54) is 4.31 Å². The molecule has 5 rings (SSSR count). The number of sulfonamides is 1. The van der Waals surface area contributed by atoms with Gasteiger partial charge < -0.3 is 4.74 Å². The van der Waals surface area contributed by atoms with Crippen LogP contribution in [-0.4, -0.2) is 42.9 Å². The van der Waals surface area contributed by atoms with Crippen LogP contribution in [-0.2, 0) is 21.4 Å². The van der Waals surface area contributed by atoms with Gasteiger partial charge in [0, 0.05) is 36.3 Å². The standard InChI is InChI=1S/C24H25N3O4S/c1-16-13-18-6-4-8-21(22(18)25-14-16)32(29,30)26-11-9-20(10-12-26)27-23-17(2)5-3-7-19(23)15-31-24(27)28/h3-8,13-14,20H,9-12,15H2,1-2H3. The van der Waals surface area contributed by atoms with E-state index in [1.54, 1.807) is 23.2 Å². The first-order valence-electron chi connectivity index (χ1n) is 10.8. The molecule has 0 saturated carbocycles. The number of anilines is 1. The number of amides is 1. The van der Waals surface area contributed by atoms with Crippen LogP contribution in [0, 0.1) is 13.8 Å². The number of carbonyl (C=O) groups excluding carboxylic acids is 1. The maximum Gasteiger partial charge on any atom is 0.414 e. The van der Waals surface area contributed by atoms with Crippen LogP contribution in [0.25, 0.3) is 10.9 Å². The van der Waals surface area contributed by atoms with Crippen LogP contribution in [0.15, 0.2) is 53.6 Å².